The molecule has 4 nitrogen and oxygen atoms in total. The maximum absolute atomic E-state index is 12.5. The van der Waals surface area contributed by atoms with E-state index in [4.69, 9.17) is 4.74 Å². The lowest BCUT2D eigenvalue weighted by molar-refractivity contribution is 0.0780. The molecule has 1 aliphatic carbocycles. The van der Waals surface area contributed by atoms with Gasteiger partial charge in [0.15, 0.2) is 0 Å². The van der Waals surface area contributed by atoms with Crippen molar-refractivity contribution in [3.8, 4) is 11.1 Å². The van der Waals surface area contributed by atoms with E-state index < -0.39 is 0 Å². The zero-order chi connectivity index (χ0) is 17.9. The minimum Gasteiger partial charge on any atom is -0.448 e. The van der Waals surface area contributed by atoms with E-state index in [1.165, 1.54) is 41.5 Å². The molecule has 0 N–H and O–H groups in total. The summed E-state index contributed by atoms with van der Waals surface area (Å²) < 4.78 is 5.70. The average Bonchev–Trinajstić information content (AvgIpc) is 3.01. The van der Waals surface area contributed by atoms with Crippen molar-refractivity contribution in [3.63, 3.8) is 0 Å². The summed E-state index contributed by atoms with van der Waals surface area (Å²) in [6.07, 6.45) is 3.50. The molecule has 1 saturated heterocycles. The first kappa shape index (κ1) is 17.1. The van der Waals surface area contributed by atoms with Crippen molar-refractivity contribution in [2.24, 2.45) is 0 Å². The Labute approximate surface area is 155 Å². The van der Waals surface area contributed by atoms with Crippen molar-refractivity contribution in [2.45, 2.75) is 25.2 Å². The molecule has 0 radical (unpaired) electrons. The zero-order valence-corrected chi connectivity index (χ0v) is 15.4. The van der Waals surface area contributed by atoms with Crippen LogP contribution in [0.1, 0.15) is 36.3 Å². The molecule has 1 heterocycles. The van der Waals surface area contributed by atoms with Crippen LogP contribution in [0.4, 0.5) is 4.79 Å². The summed E-state index contributed by atoms with van der Waals surface area (Å²) in [6, 6.07) is 16.8. The highest BCUT2D eigenvalue weighted by atomic mass is 16.6. The number of piperidine rings is 1. The highest BCUT2D eigenvalue weighted by Gasteiger charge is 2.29. The maximum atomic E-state index is 12.5. The molecule has 1 fully saturated rings. The van der Waals surface area contributed by atoms with Crippen LogP contribution < -0.4 is 0 Å². The summed E-state index contributed by atoms with van der Waals surface area (Å²) in [6.45, 7) is 3.18. The molecule has 136 valence electrons. The van der Waals surface area contributed by atoms with Gasteiger partial charge in [-0.25, -0.2) is 4.79 Å². The van der Waals surface area contributed by atoms with Gasteiger partial charge in [0.05, 0.1) is 6.67 Å². The molecule has 2 aromatic carbocycles. The number of carbonyl (C=O) groups excluding carboxylic acids is 1. The van der Waals surface area contributed by atoms with Crippen molar-refractivity contribution in [1.29, 1.82) is 0 Å². The highest BCUT2D eigenvalue weighted by molar-refractivity contribution is 5.79. The van der Waals surface area contributed by atoms with Gasteiger partial charge in [0.2, 0.25) is 0 Å². The van der Waals surface area contributed by atoms with Gasteiger partial charge in [-0.15, -0.1) is 0 Å². The van der Waals surface area contributed by atoms with Crippen LogP contribution in [0.5, 0.6) is 0 Å². The molecule has 0 bridgehead atoms. The van der Waals surface area contributed by atoms with Crippen LogP contribution in [0.15, 0.2) is 48.5 Å². The molecule has 0 spiro atoms. The van der Waals surface area contributed by atoms with E-state index in [9.17, 15) is 4.79 Å². The number of likely N-dealkylation sites (tertiary alicyclic amines) is 1. The normalized spacial score (nSPS) is 16.8. The van der Waals surface area contributed by atoms with E-state index in [0.717, 1.165) is 13.1 Å². The fourth-order valence-electron chi connectivity index (χ4n) is 4.16. The number of hydrogen-bond donors (Lipinski definition) is 0. The van der Waals surface area contributed by atoms with Crippen LogP contribution in [0.3, 0.4) is 0 Å². The van der Waals surface area contributed by atoms with Gasteiger partial charge in [-0.2, -0.15) is 0 Å². The maximum Gasteiger partial charge on any atom is 0.410 e. The summed E-state index contributed by atoms with van der Waals surface area (Å²) in [5.41, 5.74) is 5.01. The van der Waals surface area contributed by atoms with Gasteiger partial charge in [-0.3, -0.25) is 9.80 Å². The van der Waals surface area contributed by atoms with Gasteiger partial charge < -0.3 is 4.74 Å². The molecule has 2 aliphatic rings. The third-order valence-corrected chi connectivity index (χ3v) is 5.51. The number of ether oxygens (including phenoxy) is 1. The summed E-state index contributed by atoms with van der Waals surface area (Å²) in [4.78, 5) is 16.5. The predicted molar refractivity (Wildman–Crippen MR) is 103 cm³/mol. The Bertz CT molecular complexity index is 738. The lowest BCUT2D eigenvalue weighted by Gasteiger charge is -2.30. The smallest absolute Gasteiger partial charge is 0.410 e. The van der Waals surface area contributed by atoms with Gasteiger partial charge >= 0.3 is 6.09 Å². The fourth-order valence-corrected chi connectivity index (χ4v) is 4.16. The standard InChI is InChI=1S/C22H26N2O2/c1-23(16-24-13-7-2-8-14-24)22(25)26-15-21-19-11-5-3-9-17(19)18-10-4-6-12-20(18)21/h3-6,9-12,21H,2,7-8,13-16H2,1H3. The second kappa shape index (κ2) is 7.50. The monoisotopic (exact) mass is 350 g/mol. The van der Waals surface area contributed by atoms with E-state index in [1.807, 2.05) is 7.05 Å². The van der Waals surface area contributed by atoms with Gasteiger partial charge in [0, 0.05) is 13.0 Å². The van der Waals surface area contributed by atoms with E-state index in [-0.39, 0.29) is 12.0 Å². The van der Waals surface area contributed by atoms with Crippen molar-refractivity contribution >= 4 is 6.09 Å². The quantitative estimate of drug-likeness (QED) is 0.824. The number of nitrogens with zero attached hydrogens (tertiary/aromatic N) is 2. The Morgan fingerprint density at radius 1 is 1.00 bits per heavy atom. The molecule has 0 aromatic heterocycles. The van der Waals surface area contributed by atoms with Crippen LogP contribution in [-0.2, 0) is 4.74 Å². The molecule has 0 atom stereocenters. The lowest BCUT2D eigenvalue weighted by atomic mass is 9.98. The largest absolute Gasteiger partial charge is 0.448 e. The molecule has 4 heteroatoms. The van der Waals surface area contributed by atoms with Gasteiger partial charge in [0.1, 0.15) is 6.61 Å². The SMILES string of the molecule is CN(CN1CCCCC1)C(=O)OCC1c2ccccc2-c2ccccc21. The Morgan fingerprint density at radius 2 is 1.58 bits per heavy atom. The van der Waals surface area contributed by atoms with E-state index >= 15 is 0 Å². The van der Waals surface area contributed by atoms with Crippen LogP contribution in [0.25, 0.3) is 11.1 Å². The number of amides is 1. The Morgan fingerprint density at radius 3 is 2.19 bits per heavy atom. The first-order valence-corrected chi connectivity index (χ1v) is 9.52. The Balaban J connectivity index is 1.42. The van der Waals surface area contributed by atoms with Crippen LogP contribution in [0.2, 0.25) is 0 Å². The summed E-state index contributed by atoms with van der Waals surface area (Å²) in [5, 5.41) is 0. The zero-order valence-electron chi connectivity index (χ0n) is 15.4. The average molecular weight is 350 g/mol. The van der Waals surface area contributed by atoms with E-state index in [2.05, 4.69) is 53.4 Å². The first-order chi connectivity index (χ1) is 12.7. The molecular formula is C22H26N2O2. The van der Waals surface area contributed by atoms with Crippen LogP contribution in [-0.4, -0.2) is 49.3 Å². The minimum absolute atomic E-state index is 0.120. The Kier molecular flexibility index (Phi) is 4.93. The predicted octanol–water partition coefficient (Wildman–Crippen LogP) is 4.31. The molecule has 4 rings (SSSR count). The summed E-state index contributed by atoms with van der Waals surface area (Å²) in [5.74, 6) is 0.120. The summed E-state index contributed by atoms with van der Waals surface area (Å²) in [7, 11) is 1.83. The van der Waals surface area contributed by atoms with Crippen molar-refractivity contribution in [3.05, 3.63) is 59.7 Å². The third-order valence-electron chi connectivity index (χ3n) is 5.51. The first-order valence-electron chi connectivity index (χ1n) is 9.52. The summed E-state index contributed by atoms with van der Waals surface area (Å²) >= 11 is 0. The topological polar surface area (TPSA) is 32.8 Å². The number of carbonyl (C=O) groups is 1. The van der Waals surface area contributed by atoms with E-state index in [0.29, 0.717) is 13.3 Å². The highest BCUT2D eigenvalue weighted by Crippen LogP contribution is 2.44. The molecule has 2 aromatic rings. The minimum atomic E-state index is -0.238. The van der Waals surface area contributed by atoms with Crippen molar-refractivity contribution in [2.75, 3.05) is 33.4 Å². The van der Waals surface area contributed by atoms with Gasteiger partial charge in [0.25, 0.3) is 0 Å². The van der Waals surface area contributed by atoms with Gasteiger partial charge in [-0.1, -0.05) is 55.0 Å². The molecule has 26 heavy (non-hydrogen) atoms. The second-order valence-corrected chi connectivity index (χ2v) is 7.32. The Hall–Kier alpha value is -2.33. The molecule has 0 unspecified atom stereocenters. The number of benzene rings is 2. The molecule has 0 saturated carbocycles. The fraction of sp³-hybridized carbons (Fsp3) is 0.409. The van der Waals surface area contributed by atoms with E-state index in [1.54, 1.807) is 4.90 Å². The molecule has 1 amide bonds. The van der Waals surface area contributed by atoms with Gasteiger partial charge in [-0.05, 0) is 48.2 Å². The third kappa shape index (κ3) is 3.34. The number of fused-ring (bicyclic) bond motifs is 3. The molecule has 1 aliphatic heterocycles. The number of rotatable bonds is 4. The van der Waals surface area contributed by atoms with Crippen LogP contribution >= 0.6 is 0 Å². The second-order valence-electron chi connectivity index (χ2n) is 7.32. The van der Waals surface area contributed by atoms with Crippen molar-refractivity contribution in [1.82, 2.24) is 9.80 Å². The van der Waals surface area contributed by atoms with Crippen LogP contribution in [0, 0.1) is 0 Å². The lowest BCUT2D eigenvalue weighted by Crippen LogP contribution is -2.42. The van der Waals surface area contributed by atoms with Crippen molar-refractivity contribution < 1.29 is 9.53 Å². The number of hydrogen-bond acceptors (Lipinski definition) is 3. The molecular weight excluding hydrogens is 324 g/mol.